The number of hydrogen-bond acceptors (Lipinski definition) is 4. The van der Waals surface area contributed by atoms with Crippen molar-refractivity contribution in [3.8, 4) is 11.3 Å². The van der Waals surface area contributed by atoms with Crippen molar-refractivity contribution in [1.29, 1.82) is 0 Å². The summed E-state index contributed by atoms with van der Waals surface area (Å²) in [6, 6.07) is 7.12. The largest absolute Gasteiger partial charge is 0.464 e. The van der Waals surface area contributed by atoms with Crippen molar-refractivity contribution in [3.05, 3.63) is 41.8 Å². The van der Waals surface area contributed by atoms with Crippen molar-refractivity contribution in [2.24, 2.45) is 0 Å². The highest BCUT2D eigenvalue weighted by molar-refractivity contribution is 5.88. The van der Waals surface area contributed by atoms with E-state index in [0.29, 0.717) is 11.3 Å². The molecule has 5 heteroatoms. The van der Waals surface area contributed by atoms with E-state index in [4.69, 9.17) is 4.52 Å². The van der Waals surface area contributed by atoms with Crippen LogP contribution in [0.1, 0.15) is 10.5 Å². The zero-order chi connectivity index (χ0) is 11.5. The highest BCUT2D eigenvalue weighted by Crippen LogP contribution is 2.20. The minimum atomic E-state index is -0.572. The van der Waals surface area contributed by atoms with Crippen molar-refractivity contribution in [3.63, 3.8) is 0 Å². The van der Waals surface area contributed by atoms with E-state index in [1.165, 1.54) is 37.4 Å². The molecule has 0 aliphatic rings. The fraction of sp³-hybridized carbons (Fsp3) is 0.0909. The van der Waals surface area contributed by atoms with E-state index in [-0.39, 0.29) is 11.5 Å². The maximum absolute atomic E-state index is 12.7. The average Bonchev–Trinajstić information content (AvgIpc) is 2.78. The number of ether oxygens (including phenoxy) is 1. The lowest BCUT2D eigenvalue weighted by atomic mass is 10.1. The Kier molecular flexibility index (Phi) is 2.68. The molecule has 1 aromatic carbocycles. The van der Waals surface area contributed by atoms with Crippen LogP contribution in [-0.2, 0) is 4.74 Å². The topological polar surface area (TPSA) is 52.3 Å². The Bertz CT molecular complexity index is 504. The number of benzene rings is 1. The summed E-state index contributed by atoms with van der Waals surface area (Å²) >= 11 is 0. The first kappa shape index (κ1) is 10.4. The Morgan fingerprint density at radius 3 is 2.69 bits per heavy atom. The molecule has 82 valence electrons. The number of carbonyl (C=O) groups excluding carboxylic acids is 1. The van der Waals surface area contributed by atoms with Gasteiger partial charge in [0, 0.05) is 11.6 Å². The van der Waals surface area contributed by atoms with E-state index in [0.717, 1.165) is 0 Å². The van der Waals surface area contributed by atoms with Gasteiger partial charge in [-0.25, -0.2) is 9.18 Å². The summed E-state index contributed by atoms with van der Waals surface area (Å²) in [5, 5.41) is 3.54. The lowest BCUT2D eigenvalue weighted by molar-refractivity contribution is 0.0589. The highest BCUT2D eigenvalue weighted by atomic mass is 19.1. The van der Waals surface area contributed by atoms with Crippen LogP contribution < -0.4 is 0 Å². The normalized spacial score (nSPS) is 10.1. The minimum Gasteiger partial charge on any atom is -0.464 e. The van der Waals surface area contributed by atoms with E-state index in [1.807, 2.05) is 0 Å². The molecule has 1 aromatic heterocycles. The first-order valence-corrected chi connectivity index (χ1v) is 4.51. The third kappa shape index (κ3) is 1.93. The van der Waals surface area contributed by atoms with Crippen LogP contribution in [0, 0.1) is 5.82 Å². The number of carbonyl (C=O) groups is 1. The zero-order valence-corrected chi connectivity index (χ0v) is 8.44. The molecule has 2 rings (SSSR count). The van der Waals surface area contributed by atoms with Gasteiger partial charge in [-0.2, -0.15) is 0 Å². The van der Waals surface area contributed by atoms with Crippen LogP contribution in [0.3, 0.4) is 0 Å². The summed E-state index contributed by atoms with van der Waals surface area (Å²) in [7, 11) is 1.26. The number of halogens is 1. The van der Waals surface area contributed by atoms with Crippen LogP contribution in [0.2, 0.25) is 0 Å². The average molecular weight is 221 g/mol. The predicted octanol–water partition coefficient (Wildman–Crippen LogP) is 2.27. The van der Waals surface area contributed by atoms with Crippen molar-refractivity contribution >= 4 is 5.97 Å². The second-order valence-corrected chi connectivity index (χ2v) is 3.07. The maximum atomic E-state index is 12.7. The summed E-state index contributed by atoms with van der Waals surface area (Å²) in [6.07, 6.45) is 0. The van der Waals surface area contributed by atoms with Gasteiger partial charge < -0.3 is 9.26 Å². The fourth-order valence-electron chi connectivity index (χ4n) is 1.23. The number of aromatic nitrogens is 1. The molecule has 2 aromatic rings. The first-order chi connectivity index (χ1) is 7.70. The third-order valence-corrected chi connectivity index (χ3v) is 2.03. The molecular weight excluding hydrogens is 213 g/mol. The van der Waals surface area contributed by atoms with E-state index in [9.17, 15) is 9.18 Å². The molecule has 0 atom stereocenters. The van der Waals surface area contributed by atoms with Gasteiger partial charge >= 0.3 is 5.97 Å². The number of methoxy groups -OCH3 is 1. The molecule has 16 heavy (non-hydrogen) atoms. The van der Waals surface area contributed by atoms with Gasteiger partial charge in [0.25, 0.3) is 0 Å². The third-order valence-electron chi connectivity index (χ3n) is 2.03. The van der Waals surface area contributed by atoms with Crippen LogP contribution in [0.5, 0.6) is 0 Å². The molecule has 0 aliphatic carbocycles. The molecule has 4 nitrogen and oxygen atoms in total. The van der Waals surface area contributed by atoms with Crippen LogP contribution >= 0.6 is 0 Å². The number of esters is 1. The standard InChI is InChI=1S/C11H8FNO3/c1-15-11(14)9-6-10(16-13-9)7-2-4-8(12)5-3-7/h2-6H,1H3. The lowest BCUT2D eigenvalue weighted by Gasteiger charge is -1.93. The summed E-state index contributed by atoms with van der Waals surface area (Å²) in [5.41, 5.74) is 0.728. The van der Waals surface area contributed by atoms with Gasteiger partial charge in [0.2, 0.25) is 0 Å². The summed E-state index contributed by atoms with van der Waals surface area (Å²) < 4.78 is 22.1. The Hall–Kier alpha value is -2.17. The first-order valence-electron chi connectivity index (χ1n) is 4.51. The van der Waals surface area contributed by atoms with Crippen molar-refractivity contribution in [1.82, 2.24) is 5.16 Å². The summed E-state index contributed by atoms with van der Waals surface area (Å²) in [4.78, 5) is 11.1. The van der Waals surface area contributed by atoms with E-state index in [2.05, 4.69) is 9.89 Å². The summed E-state index contributed by atoms with van der Waals surface area (Å²) in [6.45, 7) is 0. The van der Waals surface area contributed by atoms with Gasteiger partial charge in [0.15, 0.2) is 11.5 Å². The van der Waals surface area contributed by atoms with Gasteiger partial charge in [-0.1, -0.05) is 5.16 Å². The molecule has 0 saturated heterocycles. The molecule has 0 spiro atoms. The molecular formula is C11H8FNO3. The van der Waals surface area contributed by atoms with E-state index < -0.39 is 5.97 Å². The van der Waals surface area contributed by atoms with Crippen molar-refractivity contribution in [2.45, 2.75) is 0 Å². The SMILES string of the molecule is COC(=O)c1cc(-c2ccc(F)cc2)on1. The Balaban J connectivity index is 2.31. The Morgan fingerprint density at radius 2 is 2.06 bits per heavy atom. The van der Waals surface area contributed by atoms with Gasteiger partial charge in [-0.15, -0.1) is 0 Å². The molecule has 0 fully saturated rings. The molecule has 0 saturated carbocycles. The van der Waals surface area contributed by atoms with E-state index in [1.54, 1.807) is 0 Å². The van der Waals surface area contributed by atoms with Crippen LogP contribution in [0.25, 0.3) is 11.3 Å². The molecule has 0 aliphatic heterocycles. The second-order valence-electron chi connectivity index (χ2n) is 3.07. The quantitative estimate of drug-likeness (QED) is 0.730. The number of nitrogens with zero attached hydrogens (tertiary/aromatic N) is 1. The van der Waals surface area contributed by atoms with E-state index >= 15 is 0 Å². The minimum absolute atomic E-state index is 0.0850. The molecule has 0 amide bonds. The van der Waals surface area contributed by atoms with Crippen LogP contribution in [0.15, 0.2) is 34.9 Å². The van der Waals surface area contributed by atoms with Gasteiger partial charge in [-0.3, -0.25) is 0 Å². The Labute approximate surface area is 90.6 Å². The Morgan fingerprint density at radius 1 is 1.38 bits per heavy atom. The zero-order valence-electron chi connectivity index (χ0n) is 8.44. The van der Waals surface area contributed by atoms with Crippen LogP contribution in [-0.4, -0.2) is 18.2 Å². The number of rotatable bonds is 2. The smallest absolute Gasteiger partial charge is 0.360 e. The van der Waals surface area contributed by atoms with Gasteiger partial charge in [0.05, 0.1) is 7.11 Å². The maximum Gasteiger partial charge on any atom is 0.360 e. The van der Waals surface area contributed by atoms with Gasteiger partial charge in [0.1, 0.15) is 5.82 Å². The fourth-order valence-corrected chi connectivity index (χ4v) is 1.23. The highest BCUT2D eigenvalue weighted by Gasteiger charge is 2.13. The lowest BCUT2D eigenvalue weighted by Crippen LogP contribution is -2.00. The summed E-state index contributed by atoms with van der Waals surface area (Å²) in [5.74, 6) is -0.519. The van der Waals surface area contributed by atoms with Crippen molar-refractivity contribution < 1.29 is 18.4 Å². The van der Waals surface area contributed by atoms with Crippen molar-refractivity contribution in [2.75, 3.05) is 7.11 Å². The van der Waals surface area contributed by atoms with Crippen LogP contribution in [0.4, 0.5) is 4.39 Å². The van der Waals surface area contributed by atoms with Gasteiger partial charge in [-0.05, 0) is 24.3 Å². The molecule has 0 radical (unpaired) electrons. The molecule has 0 N–H and O–H groups in total. The monoisotopic (exact) mass is 221 g/mol. The predicted molar refractivity (Wildman–Crippen MR) is 53.2 cm³/mol. The molecule has 0 unspecified atom stereocenters. The number of hydrogen-bond donors (Lipinski definition) is 0. The molecule has 0 bridgehead atoms. The molecule has 1 heterocycles. The second kappa shape index (κ2) is 4.14.